The van der Waals surface area contributed by atoms with Crippen molar-refractivity contribution in [2.75, 3.05) is 7.11 Å². The van der Waals surface area contributed by atoms with E-state index >= 15 is 0 Å². The summed E-state index contributed by atoms with van der Waals surface area (Å²) in [6.07, 6.45) is 0.615. The first-order valence-corrected chi connectivity index (χ1v) is 6.80. The van der Waals surface area contributed by atoms with Crippen molar-refractivity contribution in [3.63, 3.8) is 0 Å². The Morgan fingerprint density at radius 2 is 2.10 bits per heavy atom. The third kappa shape index (κ3) is 3.39. The topological polar surface area (TPSA) is 77.2 Å². The standard InChI is InChI=1S/C15H19N3O3/c1-10(2)8-12-14(15(19)20)16-17-18(12)9-11-6-4-5-7-13(11)21-3/h4-7,10H,8-9H2,1-3H3,(H,19,20). The van der Waals surface area contributed by atoms with E-state index in [2.05, 4.69) is 10.3 Å². The molecule has 112 valence electrons. The molecule has 1 aromatic carbocycles. The lowest BCUT2D eigenvalue weighted by Gasteiger charge is -2.11. The minimum Gasteiger partial charge on any atom is -0.496 e. The van der Waals surface area contributed by atoms with E-state index in [0.29, 0.717) is 24.6 Å². The van der Waals surface area contributed by atoms with Crippen LogP contribution in [0.4, 0.5) is 0 Å². The van der Waals surface area contributed by atoms with Gasteiger partial charge in [-0.15, -0.1) is 5.10 Å². The van der Waals surface area contributed by atoms with Crippen LogP contribution in [0.25, 0.3) is 0 Å². The van der Waals surface area contributed by atoms with Crippen LogP contribution in [0.2, 0.25) is 0 Å². The van der Waals surface area contributed by atoms with Gasteiger partial charge in [0.15, 0.2) is 5.69 Å². The summed E-state index contributed by atoms with van der Waals surface area (Å²) in [6.45, 7) is 4.50. The second-order valence-electron chi connectivity index (χ2n) is 5.26. The third-order valence-electron chi connectivity index (χ3n) is 3.15. The van der Waals surface area contributed by atoms with Crippen molar-refractivity contribution in [2.45, 2.75) is 26.8 Å². The van der Waals surface area contributed by atoms with Gasteiger partial charge < -0.3 is 9.84 Å². The molecule has 0 unspecified atom stereocenters. The van der Waals surface area contributed by atoms with Gasteiger partial charge in [-0.25, -0.2) is 9.48 Å². The van der Waals surface area contributed by atoms with Gasteiger partial charge in [0.2, 0.25) is 0 Å². The van der Waals surface area contributed by atoms with E-state index in [4.69, 9.17) is 4.74 Å². The van der Waals surface area contributed by atoms with E-state index in [9.17, 15) is 9.90 Å². The molecule has 1 aromatic heterocycles. The van der Waals surface area contributed by atoms with Crippen LogP contribution < -0.4 is 4.74 Å². The van der Waals surface area contributed by atoms with E-state index in [1.54, 1.807) is 11.8 Å². The number of hydrogen-bond acceptors (Lipinski definition) is 4. The van der Waals surface area contributed by atoms with Crippen LogP contribution >= 0.6 is 0 Å². The lowest BCUT2D eigenvalue weighted by atomic mass is 10.1. The first-order valence-electron chi connectivity index (χ1n) is 6.80. The van der Waals surface area contributed by atoms with Crippen LogP contribution in [-0.4, -0.2) is 33.2 Å². The fourth-order valence-corrected chi connectivity index (χ4v) is 2.21. The smallest absolute Gasteiger partial charge is 0.358 e. The molecule has 0 atom stereocenters. The fraction of sp³-hybridized carbons (Fsp3) is 0.400. The molecule has 21 heavy (non-hydrogen) atoms. The summed E-state index contributed by atoms with van der Waals surface area (Å²) >= 11 is 0. The van der Waals surface area contributed by atoms with Gasteiger partial charge in [0.25, 0.3) is 0 Å². The van der Waals surface area contributed by atoms with Crippen LogP contribution in [-0.2, 0) is 13.0 Å². The summed E-state index contributed by atoms with van der Waals surface area (Å²) in [5.41, 5.74) is 1.61. The van der Waals surface area contributed by atoms with E-state index in [1.807, 2.05) is 38.1 Å². The molecule has 0 spiro atoms. The Labute approximate surface area is 123 Å². The molecular formula is C15H19N3O3. The van der Waals surface area contributed by atoms with Gasteiger partial charge in [-0.2, -0.15) is 0 Å². The molecule has 1 N–H and O–H groups in total. The predicted molar refractivity (Wildman–Crippen MR) is 77.6 cm³/mol. The van der Waals surface area contributed by atoms with Crippen molar-refractivity contribution >= 4 is 5.97 Å². The van der Waals surface area contributed by atoms with Crippen molar-refractivity contribution in [1.29, 1.82) is 0 Å². The highest BCUT2D eigenvalue weighted by Gasteiger charge is 2.20. The number of hydrogen-bond donors (Lipinski definition) is 1. The summed E-state index contributed by atoms with van der Waals surface area (Å²) in [7, 11) is 1.61. The van der Waals surface area contributed by atoms with Gasteiger partial charge in [0, 0.05) is 5.56 Å². The number of carboxylic acid groups (broad SMARTS) is 1. The van der Waals surface area contributed by atoms with Crippen molar-refractivity contribution in [2.24, 2.45) is 5.92 Å². The van der Waals surface area contributed by atoms with Crippen LogP contribution in [0.15, 0.2) is 24.3 Å². The lowest BCUT2D eigenvalue weighted by molar-refractivity contribution is 0.0689. The zero-order valence-electron chi connectivity index (χ0n) is 12.4. The van der Waals surface area contributed by atoms with Gasteiger partial charge >= 0.3 is 5.97 Å². The number of carboxylic acids is 1. The van der Waals surface area contributed by atoms with E-state index in [1.165, 1.54) is 0 Å². The van der Waals surface area contributed by atoms with Gasteiger partial charge in [-0.05, 0) is 18.4 Å². The molecule has 0 aliphatic carbocycles. The molecule has 0 saturated carbocycles. The summed E-state index contributed by atoms with van der Waals surface area (Å²) in [5, 5.41) is 17.0. The minimum absolute atomic E-state index is 0.0265. The number of benzene rings is 1. The number of aromatic nitrogens is 3. The molecule has 0 aliphatic rings. The Bertz CT molecular complexity index is 635. The highest BCUT2D eigenvalue weighted by atomic mass is 16.5. The van der Waals surface area contributed by atoms with Crippen molar-refractivity contribution < 1.29 is 14.6 Å². The van der Waals surface area contributed by atoms with Crippen LogP contribution in [0.3, 0.4) is 0 Å². The number of aromatic carboxylic acids is 1. The Morgan fingerprint density at radius 3 is 2.71 bits per heavy atom. The molecule has 0 aliphatic heterocycles. The molecule has 1 heterocycles. The Kier molecular flexibility index (Phi) is 4.57. The molecule has 6 nitrogen and oxygen atoms in total. The quantitative estimate of drug-likeness (QED) is 0.882. The SMILES string of the molecule is COc1ccccc1Cn1nnc(C(=O)O)c1CC(C)C. The summed E-state index contributed by atoms with van der Waals surface area (Å²) < 4.78 is 6.96. The number of nitrogens with zero attached hydrogens (tertiary/aromatic N) is 3. The van der Waals surface area contributed by atoms with Crippen LogP contribution in [0.1, 0.15) is 35.6 Å². The summed E-state index contributed by atoms with van der Waals surface area (Å²) in [4.78, 5) is 11.3. The first kappa shape index (κ1) is 15.0. The average molecular weight is 289 g/mol. The molecule has 0 bridgehead atoms. The minimum atomic E-state index is -1.04. The van der Waals surface area contributed by atoms with E-state index in [0.717, 1.165) is 11.3 Å². The number of ether oxygens (including phenoxy) is 1. The van der Waals surface area contributed by atoms with Gasteiger partial charge in [0.05, 0.1) is 19.3 Å². The monoisotopic (exact) mass is 289 g/mol. The summed E-state index contributed by atoms with van der Waals surface area (Å²) in [6, 6.07) is 7.60. The maximum absolute atomic E-state index is 11.3. The van der Waals surface area contributed by atoms with Gasteiger partial charge in [-0.3, -0.25) is 0 Å². The van der Waals surface area contributed by atoms with Crippen molar-refractivity contribution in [3.8, 4) is 5.75 Å². The second kappa shape index (κ2) is 6.39. The maximum atomic E-state index is 11.3. The van der Waals surface area contributed by atoms with Gasteiger partial charge in [0.1, 0.15) is 5.75 Å². The molecule has 0 fully saturated rings. The van der Waals surface area contributed by atoms with Gasteiger partial charge in [-0.1, -0.05) is 37.3 Å². The molecular weight excluding hydrogens is 270 g/mol. The molecule has 0 radical (unpaired) electrons. The zero-order chi connectivity index (χ0) is 15.4. The largest absolute Gasteiger partial charge is 0.496 e. The van der Waals surface area contributed by atoms with Crippen molar-refractivity contribution in [3.05, 3.63) is 41.2 Å². The summed E-state index contributed by atoms with van der Waals surface area (Å²) in [5.74, 6) is 0.0234. The highest BCUT2D eigenvalue weighted by Crippen LogP contribution is 2.20. The van der Waals surface area contributed by atoms with Crippen LogP contribution in [0, 0.1) is 5.92 Å². The lowest BCUT2D eigenvalue weighted by Crippen LogP contribution is -2.12. The molecule has 0 saturated heterocycles. The zero-order valence-corrected chi connectivity index (χ0v) is 12.4. The predicted octanol–water partition coefficient (Wildman–Crippen LogP) is 2.23. The second-order valence-corrected chi connectivity index (χ2v) is 5.26. The van der Waals surface area contributed by atoms with E-state index in [-0.39, 0.29) is 5.69 Å². The van der Waals surface area contributed by atoms with E-state index < -0.39 is 5.97 Å². The fourth-order valence-electron chi connectivity index (χ4n) is 2.21. The molecule has 2 rings (SSSR count). The number of carbonyl (C=O) groups is 1. The third-order valence-corrected chi connectivity index (χ3v) is 3.15. The number of para-hydroxylation sites is 1. The Hall–Kier alpha value is -2.37. The van der Waals surface area contributed by atoms with Crippen LogP contribution in [0.5, 0.6) is 5.75 Å². The maximum Gasteiger partial charge on any atom is 0.358 e. The average Bonchev–Trinajstić information content (AvgIpc) is 2.82. The normalized spacial score (nSPS) is 10.9. The molecule has 6 heteroatoms. The Morgan fingerprint density at radius 1 is 1.38 bits per heavy atom. The molecule has 0 amide bonds. The number of rotatable bonds is 6. The highest BCUT2D eigenvalue weighted by molar-refractivity contribution is 5.86. The first-order chi connectivity index (χ1) is 10.0. The van der Waals surface area contributed by atoms with Crippen molar-refractivity contribution in [1.82, 2.24) is 15.0 Å². The molecule has 2 aromatic rings. The Balaban J connectivity index is 2.37. The number of methoxy groups -OCH3 is 1.